The van der Waals surface area contributed by atoms with E-state index >= 15 is 0 Å². The number of aromatic nitrogens is 1. The Bertz CT molecular complexity index is 267. The van der Waals surface area contributed by atoms with Crippen LogP contribution in [0.25, 0.3) is 0 Å². The summed E-state index contributed by atoms with van der Waals surface area (Å²) in [5.41, 5.74) is -0.422. The summed E-state index contributed by atoms with van der Waals surface area (Å²) in [6.45, 7) is 0. The van der Waals surface area contributed by atoms with E-state index in [1.807, 2.05) is 0 Å². The molecule has 0 amide bonds. The molecule has 0 atom stereocenters. The van der Waals surface area contributed by atoms with Crippen molar-refractivity contribution in [3.05, 3.63) is 28.8 Å². The van der Waals surface area contributed by atoms with Crippen molar-refractivity contribution < 1.29 is 14.6 Å². The first kappa shape index (κ1) is 8.39. The molecule has 1 rings (SSSR count). The third kappa shape index (κ3) is 1.86. The minimum absolute atomic E-state index is 0.118. The minimum atomic E-state index is -1.90. The minimum Gasteiger partial charge on any atom is -0.363 e. The molecule has 0 fully saturated rings. The standard InChI is InChI=1S/C6H5ClFNO2/c7-3-1-4(8)5(6(10)11)9-2-3/h1-2,6,10-11H. The van der Waals surface area contributed by atoms with Crippen LogP contribution in [0.5, 0.6) is 0 Å². The summed E-state index contributed by atoms with van der Waals surface area (Å²) < 4.78 is 12.6. The Kier molecular flexibility index (Phi) is 2.38. The predicted molar refractivity (Wildman–Crippen MR) is 36.4 cm³/mol. The van der Waals surface area contributed by atoms with Crippen LogP contribution in [-0.2, 0) is 0 Å². The van der Waals surface area contributed by atoms with Crippen molar-refractivity contribution in [1.82, 2.24) is 4.98 Å². The van der Waals surface area contributed by atoms with Crippen molar-refractivity contribution in [2.24, 2.45) is 0 Å². The molecule has 0 aromatic carbocycles. The molecule has 0 bridgehead atoms. The van der Waals surface area contributed by atoms with E-state index in [1.165, 1.54) is 0 Å². The highest BCUT2D eigenvalue weighted by Gasteiger charge is 2.10. The molecule has 11 heavy (non-hydrogen) atoms. The highest BCUT2D eigenvalue weighted by molar-refractivity contribution is 6.30. The molecule has 0 aliphatic rings. The lowest BCUT2D eigenvalue weighted by molar-refractivity contribution is -0.0484. The summed E-state index contributed by atoms with van der Waals surface area (Å²) in [5.74, 6) is -0.826. The van der Waals surface area contributed by atoms with Crippen LogP contribution in [0.15, 0.2) is 12.3 Å². The largest absolute Gasteiger partial charge is 0.363 e. The van der Waals surface area contributed by atoms with Gasteiger partial charge in [-0.3, -0.25) is 4.98 Å². The van der Waals surface area contributed by atoms with E-state index < -0.39 is 17.8 Å². The maximum atomic E-state index is 12.6. The Labute approximate surface area is 67.1 Å². The van der Waals surface area contributed by atoms with E-state index in [-0.39, 0.29) is 5.02 Å². The Morgan fingerprint density at radius 3 is 2.64 bits per heavy atom. The van der Waals surface area contributed by atoms with E-state index in [9.17, 15) is 4.39 Å². The second-order valence-corrected chi connectivity index (χ2v) is 2.33. The molecule has 0 saturated heterocycles. The summed E-state index contributed by atoms with van der Waals surface area (Å²) >= 11 is 5.36. The van der Waals surface area contributed by atoms with Crippen LogP contribution >= 0.6 is 11.6 Å². The summed E-state index contributed by atoms with van der Waals surface area (Å²) in [6.07, 6.45) is -0.758. The SMILES string of the molecule is OC(O)c1ncc(Cl)cc1F. The van der Waals surface area contributed by atoms with Crippen LogP contribution in [0.4, 0.5) is 4.39 Å². The van der Waals surface area contributed by atoms with Gasteiger partial charge in [0.15, 0.2) is 12.1 Å². The first-order chi connectivity index (χ1) is 5.11. The summed E-state index contributed by atoms with van der Waals surface area (Å²) in [7, 11) is 0. The van der Waals surface area contributed by atoms with Gasteiger partial charge in [-0.15, -0.1) is 0 Å². The van der Waals surface area contributed by atoms with Gasteiger partial charge in [-0.25, -0.2) is 4.39 Å². The van der Waals surface area contributed by atoms with E-state index in [2.05, 4.69) is 4.98 Å². The van der Waals surface area contributed by atoms with Crippen molar-refractivity contribution in [3.8, 4) is 0 Å². The summed E-state index contributed by atoms with van der Waals surface area (Å²) in [5, 5.41) is 17.1. The van der Waals surface area contributed by atoms with Crippen molar-refractivity contribution in [3.63, 3.8) is 0 Å². The van der Waals surface area contributed by atoms with Crippen LogP contribution in [0, 0.1) is 5.82 Å². The van der Waals surface area contributed by atoms with Crippen LogP contribution in [0.1, 0.15) is 12.0 Å². The van der Waals surface area contributed by atoms with E-state index in [1.54, 1.807) is 0 Å². The second-order valence-electron chi connectivity index (χ2n) is 1.89. The lowest BCUT2D eigenvalue weighted by atomic mass is 10.3. The Hall–Kier alpha value is -0.710. The normalized spacial score (nSPS) is 10.6. The zero-order valence-electron chi connectivity index (χ0n) is 5.33. The molecule has 1 aromatic rings. The smallest absolute Gasteiger partial charge is 0.199 e. The van der Waals surface area contributed by atoms with Crippen LogP contribution < -0.4 is 0 Å². The monoisotopic (exact) mass is 177 g/mol. The number of nitrogens with zero attached hydrogens (tertiary/aromatic N) is 1. The van der Waals surface area contributed by atoms with E-state index in [4.69, 9.17) is 21.8 Å². The molecule has 1 heterocycles. The second kappa shape index (κ2) is 3.13. The molecular formula is C6H5ClFNO2. The van der Waals surface area contributed by atoms with Gasteiger partial charge < -0.3 is 10.2 Å². The van der Waals surface area contributed by atoms with Gasteiger partial charge >= 0.3 is 0 Å². The Balaban J connectivity index is 3.09. The summed E-state index contributed by atoms with van der Waals surface area (Å²) in [6, 6.07) is 0.962. The molecule has 3 nitrogen and oxygen atoms in total. The number of aliphatic hydroxyl groups excluding tert-OH is 1. The predicted octanol–water partition coefficient (Wildman–Crippen LogP) is 0.857. The van der Waals surface area contributed by atoms with E-state index in [0.717, 1.165) is 12.3 Å². The van der Waals surface area contributed by atoms with Crippen molar-refractivity contribution in [2.75, 3.05) is 0 Å². The number of rotatable bonds is 1. The fraction of sp³-hybridized carbons (Fsp3) is 0.167. The third-order valence-corrected chi connectivity index (χ3v) is 1.29. The van der Waals surface area contributed by atoms with Crippen LogP contribution in [0.2, 0.25) is 5.02 Å². The maximum Gasteiger partial charge on any atom is 0.199 e. The molecule has 0 radical (unpaired) electrons. The fourth-order valence-electron chi connectivity index (χ4n) is 0.615. The Morgan fingerprint density at radius 2 is 2.18 bits per heavy atom. The molecule has 0 aliphatic heterocycles. The highest BCUT2D eigenvalue weighted by atomic mass is 35.5. The fourth-order valence-corrected chi connectivity index (χ4v) is 0.760. The molecule has 0 unspecified atom stereocenters. The van der Waals surface area contributed by atoms with Gasteiger partial charge in [0.25, 0.3) is 0 Å². The molecule has 0 aliphatic carbocycles. The molecule has 1 aromatic heterocycles. The topological polar surface area (TPSA) is 53.4 Å². The Morgan fingerprint density at radius 1 is 1.55 bits per heavy atom. The van der Waals surface area contributed by atoms with Gasteiger partial charge in [0, 0.05) is 6.20 Å². The van der Waals surface area contributed by atoms with Gasteiger partial charge in [0.2, 0.25) is 0 Å². The highest BCUT2D eigenvalue weighted by Crippen LogP contribution is 2.15. The third-order valence-electron chi connectivity index (χ3n) is 1.08. The van der Waals surface area contributed by atoms with Gasteiger partial charge in [0.1, 0.15) is 5.69 Å². The first-order valence-corrected chi connectivity index (χ1v) is 3.16. The quantitative estimate of drug-likeness (QED) is 0.626. The number of hydrogen-bond acceptors (Lipinski definition) is 3. The zero-order chi connectivity index (χ0) is 8.43. The summed E-state index contributed by atoms with van der Waals surface area (Å²) in [4.78, 5) is 3.37. The van der Waals surface area contributed by atoms with Crippen LogP contribution in [0.3, 0.4) is 0 Å². The molecule has 0 saturated carbocycles. The number of pyridine rings is 1. The average molecular weight is 178 g/mol. The van der Waals surface area contributed by atoms with E-state index in [0.29, 0.717) is 0 Å². The first-order valence-electron chi connectivity index (χ1n) is 2.78. The molecule has 2 N–H and O–H groups in total. The number of hydrogen-bond donors (Lipinski definition) is 2. The lowest BCUT2D eigenvalue weighted by Gasteiger charge is -2.02. The van der Waals surface area contributed by atoms with Gasteiger partial charge in [-0.2, -0.15) is 0 Å². The average Bonchev–Trinajstić information content (AvgIpc) is 1.85. The van der Waals surface area contributed by atoms with Crippen molar-refractivity contribution in [1.29, 1.82) is 0 Å². The van der Waals surface area contributed by atoms with Gasteiger partial charge in [0.05, 0.1) is 5.02 Å². The van der Waals surface area contributed by atoms with Gasteiger partial charge in [-0.05, 0) is 6.07 Å². The number of halogens is 2. The lowest BCUT2D eigenvalue weighted by Crippen LogP contribution is -2.01. The molecule has 0 spiro atoms. The molecular weight excluding hydrogens is 173 g/mol. The van der Waals surface area contributed by atoms with Crippen molar-refractivity contribution >= 4 is 11.6 Å². The number of aliphatic hydroxyl groups is 2. The zero-order valence-corrected chi connectivity index (χ0v) is 6.09. The van der Waals surface area contributed by atoms with Gasteiger partial charge in [-0.1, -0.05) is 11.6 Å². The molecule has 60 valence electrons. The maximum absolute atomic E-state index is 12.6. The van der Waals surface area contributed by atoms with Crippen LogP contribution in [-0.4, -0.2) is 15.2 Å². The van der Waals surface area contributed by atoms with Crippen molar-refractivity contribution in [2.45, 2.75) is 6.29 Å². The molecule has 5 heteroatoms.